The van der Waals surface area contributed by atoms with Crippen LogP contribution >= 0.6 is 11.3 Å². The Hall–Kier alpha value is -3.20. The van der Waals surface area contributed by atoms with E-state index in [-0.39, 0.29) is 18.4 Å². The molecule has 0 N–H and O–H groups in total. The highest BCUT2D eigenvalue weighted by atomic mass is 32.1. The summed E-state index contributed by atoms with van der Waals surface area (Å²) in [7, 11) is 0. The van der Waals surface area contributed by atoms with Gasteiger partial charge >= 0.3 is 5.76 Å². The maximum atomic E-state index is 12.9. The largest absolute Gasteiger partial charge is 0.420 e. The summed E-state index contributed by atoms with van der Waals surface area (Å²) in [5, 5.41) is 8.02. The Morgan fingerprint density at radius 1 is 1.27 bits per heavy atom. The second kappa shape index (κ2) is 7.91. The molecule has 1 aromatic carbocycles. The van der Waals surface area contributed by atoms with E-state index in [4.69, 9.17) is 8.94 Å². The predicted octanol–water partition coefficient (Wildman–Crippen LogP) is 3.19. The van der Waals surface area contributed by atoms with Crippen LogP contribution in [0.4, 0.5) is 0 Å². The van der Waals surface area contributed by atoms with Crippen molar-refractivity contribution in [2.45, 2.75) is 25.8 Å². The zero-order chi connectivity index (χ0) is 20.5. The first-order valence-electron chi connectivity index (χ1n) is 9.88. The van der Waals surface area contributed by atoms with E-state index in [1.165, 1.54) is 4.57 Å². The zero-order valence-electron chi connectivity index (χ0n) is 16.2. The van der Waals surface area contributed by atoms with Crippen molar-refractivity contribution >= 4 is 28.3 Å². The number of hydrogen-bond acceptors (Lipinski definition) is 7. The quantitative estimate of drug-likeness (QED) is 0.488. The third kappa shape index (κ3) is 3.68. The van der Waals surface area contributed by atoms with E-state index in [0.717, 1.165) is 18.4 Å². The lowest BCUT2D eigenvalue weighted by Gasteiger charge is -2.32. The van der Waals surface area contributed by atoms with E-state index in [0.29, 0.717) is 42.3 Å². The fraction of sp³-hybridized carbons (Fsp3) is 0.333. The number of piperidine rings is 1. The van der Waals surface area contributed by atoms with E-state index in [2.05, 4.69) is 10.1 Å². The fourth-order valence-electron chi connectivity index (χ4n) is 3.95. The average molecular weight is 424 g/mol. The van der Waals surface area contributed by atoms with Crippen molar-refractivity contribution in [1.82, 2.24) is 19.6 Å². The molecule has 3 aromatic heterocycles. The molecule has 1 unspecified atom stereocenters. The number of para-hydroxylation sites is 2. The molecule has 8 nitrogen and oxygen atoms in total. The number of fused-ring (bicyclic) bond motifs is 1. The van der Waals surface area contributed by atoms with Crippen molar-refractivity contribution in [3.05, 3.63) is 57.5 Å². The molecule has 0 aliphatic carbocycles. The summed E-state index contributed by atoms with van der Waals surface area (Å²) in [6.45, 7) is 1.27. The van der Waals surface area contributed by atoms with Crippen molar-refractivity contribution in [2.24, 2.45) is 5.92 Å². The first-order chi connectivity index (χ1) is 14.7. The van der Waals surface area contributed by atoms with E-state index in [9.17, 15) is 9.59 Å². The molecule has 1 amide bonds. The molecule has 1 aliphatic heterocycles. The Labute approximate surface area is 175 Å². The lowest BCUT2D eigenvalue weighted by molar-refractivity contribution is -0.133. The van der Waals surface area contributed by atoms with Gasteiger partial charge in [-0.05, 0) is 42.3 Å². The minimum Gasteiger partial charge on any atom is -0.408 e. The summed E-state index contributed by atoms with van der Waals surface area (Å²) in [6.07, 6.45) is 2.53. The molecule has 4 aromatic rings. The van der Waals surface area contributed by atoms with Gasteiger partial charge in [0, 0.05) is 30.5 Å². The van der Waals surface area contributed by atoms with Crippen molar-refractivity contribution < 1.29 is 13.7 Å². The molecular weight excluding hydrogens is 404 g/mol. The van der Waals surface area contributed by atoms with Gasteiger partial charge in [0.2, 0.25) is 17.6 Å². The van der Waals surface area contributed by atoms with Crippen LogP contribution in [0.3, 0.4) is 0 Å². The van der Waals surface area contributed by atoms with Crippen LogP contribution < -0.4 is 5.76 Å². The molecule has 9 heteroatoms. The Morgan fingerprint density at radius 3 is 3.03 bits per heavy atom. The number of hydrogen-bond donors (Lipinski definition) is 0. The van der Waals surface area contributed by atoms with E-state index in [1.807, 2.05) is 27.8 Å². The van der Waals surface area contributed by atoms with Crippen LogP contribution in [0, 0.1) is 5.92 Å². The number of carbonyl (C=O) groups is 1. The molecule has 1 fully saturated rings. The van der Waals surface area contributed by atoms with Crippen LogP contribution in [0.2, 0.25) is 0 Å². The summed E-state index contributed by atoms with van der Waals surface area (Å²) in [5.74, 6) is 0.841. The summed E-state index contributed by atoms with van der Waals surface area (Å²) in [6, 6.07) is 9.09. The number of thiophene rings is 1. The highest BCUT2D eigenvalue weighted by Gasteiger charge is 2.26. The number of carbonyl (C=O) groups excluding carboxylic acids is 1. The second-order valence-electron chi connectivity index (χ2n) is 7.50. The number of aromatic nitrogens is 3. The van der Waals surface area contributed by atoms with Crippen LogP contribution in [0.5, 0.6) is 0 Å². The van der Waals surface area contributed by atoms with Crippen molar-refractivity contribution in [2.75, 3.05) is 13.1 Å². The lowest BCUT2D eigenvalue weighted by atomic mass is 9.94. The van der Waals surface area contributed by atoms with E-state index in [1.54, 1.807) is 29.5 Å². The monoisotopic (exact) mass is 424 g/mol. The average Bonchev–Trinajstić information content (AvgIpc) is 3.49. The van der Waals surface area contributed by atoms with Gasteiger partial charge < -0.3 is 13.8 Å². The van der Waals surface area contributed by atoms with Gasteiger partial charge in [-0.3, -0.25) is 9.36 Å². The molecule has 1 atom stereocenters. The predicted molar refractivity (Wildman–Crippen MR) is 111 cm³/mol. The van der Waals surface area contributed by atoms with Crippen LogP contribution in [0.25, 0.3) is 22.5 Å². The number of benzene rings is 1. The van der Waals surface area contributed by atoms with Crippen LogP contribution in [-0.2, 0) is 17.8 Å². The molecule has 154 valence electrons. The smallest absolute Gasteiger partial charge is 0.408 e. The third-order valence-electron chi connectivity index (χ3n) is 5.45. The maximum Gasteiger partial charge on any atom is 0.420 e. The van der Waals surface area contributed by atoms with Gasteiger partial charge in [-0.1, -0.05) is 17.3 Å². The second-order valence-corrected chi connectivity index (χ2v) is 8.28. The lowest BCUT2D eigenvalue weighted by Crippen LogP contribution is -2.42. The normalized spacial score (nSPS) is 16.9. The van der Waals surface area contributed by atoms with Crippen LogP contribution in [-0.4, -0.2) is 38.6 Å². The van der Waals surface area contributed by atoms with Crippen LogP contribution in [0.15, 0.2) is 54.8 Å². The van der Waals surface area contributed by atoms with Crippen LogP contribution in [0.1, 0.15) is 18.7 Å². The van der Waals surface area contributed by atoms with E-state index < -0.39 is 5.76 Å². The van der Waals surface area contributed by atoms with Gasteiger partial charge in [-0.2, -0.15) is 16.3 Å². The molecule has 0 saturated carbocycles. The summed E-state index contributed by atoms with van der Waals surface area (Å²) in [4.78, 5) is 31.4. The molecule has 4 heterocycles. The fourth-order valence-corrected chi connectivity index (χ4v) is 4.59. The molecule has 30 heavy (non-hydrogen) atoms. The molecule has 1 aliphatic rings. The molecule has 5 rings (SSSR count). The van der Waals surface area contributed by atoms with E-state index >= 15 is 0 Å². The van der Waals surface area contributed by atoms with Gasteiger partial charge in [0.1, 0.15) is 6.54 Å². The molecule has 0 spiro atoms. The first kappa shape index (κ1) is 18.8. The number of amides is 1. The SMILES string of the molecule is O=C(Cn1c(=O)oc2ccccc21)N1CCCC(Cc2nc(-c3ccsc3)no2)C1. The van der Waals surface area contributed by atoms with Gasteiger partial charge in [0.05, 0.1) is 5.52 Å². The Balaban J connectivity index is 1.25. The van der Waals surface area contributed by atoms with Crippen molar-refractivity contribution in [3.63, 3.8) is 0 Å². The Kier molecular flexibility index (Phi) is 4.96. The Bertz CT molecular complexity index is 1220. The molecule has 0 bridgehead atoms. The van der Waals surface area contributed by atoms with Gasteiger partial charge in [-0.25, -0.2) is 4.79 Å². The number of nitrogens with zero attached hydrogens (tertiary/aromatic N) is 4. The number of oxazole rings is 1. The zero-order valence-corrected chi connectivity index (χ0v) is 17.0. The molecule has 0 radical (unpaired) electrons. The van der Waals surface area contributed by atoms with Gasteiger partial charge in [0.25, 0.3) is 0 Å². The minimum absolute atomic E-state index is 0.0224. The standard InChI is InChI=1S/C21H20N4O4S/c26-19(12-25-16-5-1-2-6-17(16)28-21(25)27)24-8-3-4-14(11-24)10-18-22-20(23-29-18)15-7-9-30-13-15/h1-2,5-7,9,13-14H,3-4,8,10-12H2. The highest BCUT2D eigenvalue weighted by Crippen LogP contribution is 2.23. The molecule has 1 saturated heterocycles. The van der Waals surface area contributed by atoms with Crippen molar-refractivity contribution in [3.8, 4) is 11.4 Å². The van der Waals surface area contributed by atoms with Gasteiger partial charge in [0.15, 0.2) is 5.58 Å². The van der Waals surface area contributed by atoms with Gasteiger partial charge in [-0.15, -0.1) is 0 Å². The minimum atomic E-state index is -0.509. The summed E-state index contributed by atoms with van der Waals surface area (Å²) >= 11 is 1.59. The summed E-state index contributed by atoms with van der Waals surface area (Å²) < 4.78 is 12.0. The van der Waals surface area contributed by atoms with Crippen molar-refractivity contribution in [1.29, 1.82) is 0 Å². The maximum absolute atomic E-state index is 12.9. The summed E-state index contributed by atoms with van der Waals surface area (Å²) in [5.41, 5.74) is 2.08. The Morgan fingerprint density at radius 2 is 2.17 bits per heavy atom. The third-order valence-corrected chi connectivity index (χ3v) is 6.13. The first-order valence-corrected chi connectivity index (χ1v) is 10.8. The topological polar surface area (TPSA) is 94.4 Å². The number of likely N-dealkylation sites (tertiary alicyclic amines) is 1. The number of rotatable bonds is 5. The highest BCUT2D eigenvalue weighted by molar-refractivity contribution is 7.08. The molecular formula is C21H20N4O4S.